The summed E-state index contributed by atoms with van der Waals surface area (Å²) >= 11 is 0. The fourth-order valence-electron chi connectivity index (χ4n) is 5.31. The number of fused-ring (bicyclic) bond motifs is 1. The lowest BCUT2D eigenvalue weighted by Crippen LogP contribution is -2.45. The molecule has 0 radical (unpaired) electrons. The summed E-state index contributed by atoms with van der Waals surface area (Å²) in [7, 11) is 0. The third-order valence-corrected chi connectivity index (χ3v) is 7.33. The van der Waals surface area contributed by atoms with Crippen molar-refractivity contribution in [3.05, 3.63) is 58.7 Å². The second-order valence-electron chi connectivity index (χ2n) is 9.05. The van der Waals surface area contributed by atoms with E-state index in [1.807, 2.05) is 13.0 Å². The van der Waals surface area contributed by atoms with E-state index in [1.54, 1.807) is 11.0 Å². The van der Waals surface area contributed by atoms with Crippen LogP contribution in [0, 0.1) is 18.2 Å². The summed E-state index contributed by atoms with van der Waals surface area (Å²) in [6, 6.07) is 4.89. The molecule has 0 aliphatic carbocycles. The van der Waals surface area contributed by atoms with Crippen molar-refractivity contribution in [1.82, 2.24) is 9.88 Å². The number of piperidine rings is 1. The van der Waals surface area contributed by atoms with E-state index in [9.17, 15) is 19.1 Å². The van der Waals surface area contributed by atoms with Crippen LogP contribution in [0.4, 0.5) is 10.1 Å². The molecule has 168 valence electrons. The van der Waals surface area contributed by atoms with Crippen LogP contribution >= 0.6 is 0 Å². The number of ether oxygens (including phenoxy) is 1. The molecule has 1 amide bonds. The van der Waals surface area contributed by atoms with Crippen molar-refractivity contribution in [3.63, 3.8) is 0 Å². The zero-order valence-electron chi connectivity index (χ0n) is 18.0. The van der Waals surface area contributed by atoms with Crippen molar-refractivity contribution in [2.24, 2.45) is 5.41 Å². The average Bonchev–Trinajstić information content (AvgIpc) is 3.31. The summed E-state index contributed by atoms with van der Waals surface area (Å²) in [6.45, 7) is 4.63. The van der Waals surface area contributed by atoms with Crippen LogP contribution in [0.15, 0.2) is 30.6 Å². The summed E-state index contributed by atoms with van der Waals surface area (Å²) in [5.74, 6) is -0.711. The first-order valence-electron chi connectivity index (χ1n) is 11.0. The van der Waals surface area contributed by atoms with E-state index in [0.717, 1.165) is 29.3 Å². The first kappa shape index (κ1) is 21.0. The normalized spacial score (nSPS) is 21.2. The van der Waals surface area contributed by atoms with E-state index in [0.29, 0.717) is 50.3 Å². The highest BCUT2D eigenvalue weighted by molar-refractivity contribution is 5.99. The van der Waals surface area contributed by atoms with Crippen molar-refractivity contribution < 1.29 is 23.8 Å². The lowest BCUT2D eigenvalue weighted by molar-refractivity contribution is -0.128. The fourth-order valence-corrected chi connectivity index (χ4v) is 5.31. The first-order valence-corrected chi connectivity index (χ1v) is 11.0. The molecular formula is C24H26FN3O4. The Morgan fingerprint density at radius 1 is 1.19 bits per heavy atom. The molecule has 0 saturated carbocycles. The third kappa shape index (κ3) is 3.47. The molecule has 0 unspecified atom stereocenters. The number of cyclic esters (lactones) is 1. The van der Waals surface area contributed by atoms with Gasteiger partial charge in [0.1, 0.15) is 12.4 Å². The number of halogens is 1. The average molecular weight is 439 g/mol. The molecule has 2 aromatic rings. The highest BCUT2D eigenvalue weighted by Gasteiger charge is 2.48. The van der Waals surface area contributed by atoms with E-state index in [1.165, 1.54) is 12.3 Å². The molecule has 1 aromatic heterocycles. The van der Waals surface area contributed by atoms with Crippen LogP contribution in [0.5, 0.6) is 0 Å². The number of β-amino-alcohol motifs (C(OH)–C–C–N with tert-alkyl or cyclic N) is 1. The Hall–Kier alpha value is -2.84. The topological polar surface area (TPSA) is 83.0 Å². The number of aliphatic hydroxyl groups excluding tert-OH is 1. The molecule has 32 heavy (non-hydrogen) atoms. The highest BCUT2D eigenvalue weighted by atomic mass is 19.1. The minimum absolute atomic E-state index is 0.0456. The smallest absolute Gasteiger partial charge is 0.338 e. The number of carbonyl (C=O) groups excluding carboxylic acids is 2. The van der Waals surface area contributed by atoms with Gasteiger partial charge in [-0.2, -0.15) is 0 Å². The molecule has 7 nitrogen and oxygen atoms in total. The van der Waals surface area contributed by atoms with E-state index < -0.39 is 17.3 Å². The van der Waals surface area contributed by atoms with E-state index in [-0.39, 0.29) is 18.5 Å². The van der Waals surface area contributed by atoms with Gasteiger partial charge in [-0.15, -0.1) is 0 Å². The zero-order chi connectivity index (χ0) is 22.5. The summed E-state index contributed by atoms with van der Waals surface area (Å²) in [6.07, 6.45) is 4.16. The molecule has 2 fully saturated rings. The summed E-state index contributed by atoms with van der Waals surface area (Å²) in [4.78, 5) is 32.6. The lowest BCUT2D eigenvalue weighted by atomic mass is 9.77. The van der Waals surface area contributed by atoms with E-state index in [2.05, 4.69) is 9.88 Å². The van der Waals surface area contributed by atoms with Crippen LogP contribution in [0.25, 0.3) is 0 Å². The number of benzene rings is 1. The number of aromatic nitrogens is 1. The zero-order valence-corrected chi connectivity index (χ0v) is 18.0. The third-order valence-electron chi connectivity index (χ3n) is 7.33. The minimum atomic E-state index is -0.681. The van der Waals surface area contributed by atoms with Crippen LogP contribution in [0.1, 0.15) is 52.4 Å². The van der Waals surface area contributed by atoms with Crippen molar-refractivity contribution in [1.29, 1.82) is 0 Å². The highest BCUT2D eigenvalue weighted by Crippen LogP contribution is 2.43. The Kier molecular flexibility index (Phi) is 5.22. The predicted octanol–water partition coefficient (Wildman–Crippen LogP) is 2.75. The standard InChI is InChI=1S/C24H26FN3O4/c1-15-18(2-3-19-20(15)14-32-22(19)30)21(29)13-27-7-4-24(5-8-27)6-9-28(23(24)31)17-10-16(25)11-26-12-17/h2-3,10-12,21,29H,4-9,13-14H2,1H3/t21-/m0/s1. The SMILES string of the molecule is Cc1c([C@@H](O)CN2CCC3(CC2)CCN(c2cncc(F)c2)C3=O)ccc2c1COC2=O. The number of nitrogens with zero attached hydrogens (tertiary/aromatic N) is 3. The van der Waals surface area contributed by atoms with Crippen molar-refractivity contribution >= 4 is 17.6 Å². The quantitative estimate of drug-likeness (QED) is 0.738. The molecule has 0 bridgehead atoms. The van der Waals surface area contributed by atoms with Gasteiger partial charge < -0.3 is 19.6 Å². The molecule has 3 aliphatic heterocycles. The predicted molar refractivity (Wildman–Crippen MR) is 115 cm³/mol. The largest absolute Gasteiger partial charge is 0.457 e. The maximum atomic E-state index is 13.6. The van der Waals surface area contributed by atoms with Crippen LogP contribution in [-0.4, -0.2) is 53.0 Å². The second kappa shape index (κ2) is 7.94. The maximum absolute atomic E-state index is 13.6. The Bertz CT molecular complexity index is 1080. The molecule has 2 saturated heterocycles. The van der Waals surface area contributed by atoms with Crippen LogP contribution in [0.3, 0.4) is 0 Å². The number of hydrogen-bond donors (Lipinski definition) is 1. The molecule has 5 rings (SSSR count). The number of rotatable bonds is 4. The van der Waals surface area contributed by atoms with E-state index >= 15 is 0 Å². The van der Waals surface area contributed by atoms with Gasteiger partial charge in [-0.25, -0.2) is 9.18 Å². The Morgan fingerprint density at radius 2 is 1.94 bits per heavy atom. The molecule has 4 heterocycles. The molecule has 1 N–H and O–H groups in total. The monoisotopic (exact) mass is 439 g/mol. The Labute approximate surface area is 185 Å². The summed E-state index contributed by atoms with van der Waals surface area (Å²) < 4.78 is 18.7. The van der Waals surface area contributed by atoms with Gasteiger partial charge in [0.25, 0.3) is 0 Å². The van der Waals surface area contributed by atoms with Crippen LogP contribution in [-0.2, 0) is 16.1 Å². The molecule has 1 aromatic carbocycles. The van der Waals surface area contributed by atoms with E-state index in [4.69, 9.17) is 4.74 Å². The van der Waals surface area contributed by atoms with Crippen molar-refractivity contribution in [2.75, 3.05) is 31.1 Å². The van der Waals surface area contributed by atoms with Gasteiger partial charge >= 0.3 is 5.97 Å². The first-order chi connectivity index (χ1) is 15.4. The number of aliphatic hydroxyl groups is 1. The van der Waals surface area contributed by atoms with Gasteiger partial charge in [0.05, 0.1) is 35.2 Å². The van der Waals surface area contributed by atoms with Crippen molar-refractivity contribution in [2.45, 2.75) is 38.9 Å². The molecule has 3 aliphatic rings. The maximum Gasteiger partial charge on any atom is 0.338 e. The van der Waals surface area contributed by atoms with Gasteiger partial charge in [-0.1, -0.05) is 6.07 Å². The summed E-state index contributed by atoms with van der Waals surface area (Å²) in [5, 5.41) is 10.9. The number of likely N-dealkylation sites (tertiary alicyclic amines) is 1. The number of pyridine rings is 1. The fraction of sp³-hybridized carbons (Fsp3) is 0.458. The second-order valence-corrected chi connectivity index (χ2v) is 9.05. The molecule has 8 heteroatoms. The van der Waals surface area contributed by atoms with Gasteiger partial charge in [-0.05, 0) is 56.5 Å². The lowest BCUT2D eigenvalue weighted by Gasteiger charge is -2.38. The van der Waals surface area contributed by atoms with Gasteiger partial charge in [0.2, 0.25) is 5.91 Å². The Balaban J connectivity index is 1.23. The molecular weight excluding hydrogens is 413 g/mol. The van der Waals surface area contributed by atoms with Crippen LogP contribution in [0.2, 0.25) is 0 Å². The molecule has 1 spiro atoms. The number of esters is 1. The van der Waals surface area contributed by atoms with Gasteiger partial charge in [-0.3, -0.25) is 9.78 Å². The minimum Gasteiger partial charge on any atom is -0.457 e. The van der Waals surface area contributed by atoms with Gasteiger partial charge in [0, 0.05) is 24.7 Å². The molecule has 1 atom stereocenters. The van der Waals surface area contributed by atoms with Crippen molar-refractivity contribution in [3.8, 4) is 0 Å². The number of amides is 1. The number of anilines is 1. The number of hydrogen-bond acceptors (Lipinski definition) is 6. The Morgan fingerprint density at radius 3 is 2.69 bits per heavy atom. The van der Waals surface area contributed by atoms with Gasteiger partial charge in [0.15, 0.2) is 0 Å². The summed E-state index contributed by atoms with van der Waals surface area (Å²) in [5.41, 5.74) is 3.24. The van der Waals surface area contributed by atoms with Crippen LogP contribution < -0.4 is 4.90 Å². The number of carbonyl (C=O) groups is 2.